The van der Waals surface area contributed by atoms with Crippen LogP contribution in [0.5, 0.6) is 0 Å². The van der Waals surface area contributed by atoms with Crippen molar-refractivity contribution in [2.45, 2.75) is 12.5 Å². The van der Waals surface area contributed by atoms with Gasteiger partial charge in [-0.3, -0.25) is 9.48 Å². The van der Waals surface area contributed by atoms with E-state index in [2.05, 4.69) is 11.2 Å². The molecule has 16 heavy (non-hydrogen) atoms. The Bertz CT molecular complexity index is 434. The first-order valence-electron chi connectivity index (χ1n) is 5.03. The van der Waals surface area contributed by atoms with E-state index in [0.717, 1.165) is 0 Å². The van der Waals surface area contributed by atoms with Crippen molar-refractivity contribution in [1.29, 1.82) is 5.26 Å². The lowest BCUT2D eigenvalue weighted by atomic mass is 9.97. The van der Waals surface area contributed by atoms with Crippen molar-refractivity contribution < 1.29 is 9.53 Å². The number of rotatable bonds is 2. The first-order valence-corrected chi connectivity index (χ1v) is 5.03. The van der Waals surface area contributed by atoms with Crippen molar-refractivity contribution >= 4 is 5.91 Å². The average Bonchev–Trinajstić information content (AvgIpc) is 2.78. The molecule has 6 nitrogen and oxygen atoms in total. The monoisotopic (exact) mass is 220 g/mol. The Balaban J connectivity index is 2.21. The van der Waals surface area contributed by atoms with Gasteiger partial charge in [0.05, 0.1) is 36.4 Å². The minimum Gasteiger partial charge on any atom is -0.379 e. The SMILES string of the molecule is N#CC1CCOCC1n1cc(C(N)=O)cn1. The van der Waals surface area contributed by atoms with Crippen molar-refractivity contribution in [1.82, 2.24) is 9.78 Å². The second kappa shape index (κ2) is 4.33. The molecule has 2 rings (SSSR count). The summed E-state index contributed by atoms with van der Waals surface area (Å²) in [5, 5.41) is 13.0. The Hall–Kier alpha value is -1.87. The number of aromatic nitrogens is 2. The maximum absolute atomic E-state index is 10.9. The van der Waals surface area contributed by atoms with Gasteiger partial charge in [-0.2, -0.15) is 10.4 Å². The lowest BCUT2D eigenvalue weighted by Gasteiger charge is -2.26. The third-order valence-corrected chi connectivity index (χ3v) is 2.72. The molecule has 0 spiro atoms. The summed E-state index contributed by atoms with van der Waals surface area (Å²) in [6, 6.07) is 2.10. The largest absolute Gasteiger partial charge is 0.379 e. The van der Waals surface area contributed by atoms with Gasteiger partial charge < -0.3 is 10.5 Å². The maximum atomic E-state index is 10.9. The molecule has 2 heterocycles. The minimum atomic E-state index is -0.517. The summed E-state index contributed by atoms with van der Waals surface area (Å²) >= 11 is 0. The highest BCUT2D eigenvalue weighted by atomic mass is 16.5. The average molecular weight is 220 g/mol. The fraction of sp³-hybridized carbons (Fsp3) is 0.500. The van der Waals surface area contributed by atoms with Crippen LogP contribution in [0, 0.1) is 17.2 Å². The van der Waals surface area contributed by atoms with Crippen LogP contribution < -0.4 is 5.73 Å². The lowest BCUT2D eigenvalue weighted by Crippen LogP contribution is -2.29. The molecule has 1 aromatic rings. The van der Waals surface area contributed by atoms with Gasteiger partial charge in [-0.15, -0.1) is 0 Å². The molecule has 2 atom stereocenters. The molecular formula is C10H12N4O2. The molecule has 2 N–H and O–H groups in total. The van der Waals surface area contributed by atoms with Gasteiger partial charge in [0, 0.05) is 12.8 Å². The van der Waals surface area contributed by atoms with Crippen LogP contribution in [0.1, 0.15) is 22.8 Å². The summed E-state index contributed by atoms with van der Waals surface area (Å²) in [6.07, 6.45) is 3.66. The van der Waals surface area contributed by atoms with Gasteiger partial charge >= 0.3 is 0 Å². The number of amides is 1. The van der Waals surface area contributed by atoms with Crippen molar-refractivity contribution in [2.24, 2.45) is 11.7 Å². The molecule has 1 fully saturated rings. The van der Waals surface area contributed by atoms with Crippen LogP contribution in [-0.2, 0) is 4.74 Å². The normalized spacial score (nSPS) is 24.9. The molecule has 0 radical (unpaired) electrons. The zero-order valence-electron chi connectivity index (χ0n) is 8.67. The number of nitriles is 1. The maximum Gasteiger partial charge on any atom is 0.251 e. The summed E-state index contributed by atoms with van der Waals surface area (Å²) in [5.74, 6) is -0.647. The van der Waals surface area contributed by atoms with Gasteiger partial charge in [-0.1, -0.05) is 0 Å². The van der Waals surface area contributed by atoms with E-state index in [-0.39, 0.29) is 12.0 Å². The first kappa shape index (κ1) is 10.6. The number of carbonyl (C=O) groups excluding carboxylic acids is 1. The number of hydrogen-bond donors (Lipinski definition) is 1. The topological polar surface area (TPSA) is 93.9 Å². The number of hydrogen-bond acceptors (Lipinski definition) is 4. The zero-order valence-corrected chi connectivity index (χ0v) is 8.67. The molecule has 1 aromatic heterocycles. The van der Waals surface area contributed by atoms with Gasteiger partial charge in [0.15, 0.2) is 0 Å². The lowest BCUT2D eigenvalue weighted by molar-refractivity contribution is 0.0341. The Labute approximate surface area is 92.6 Å². The molecule has 1 aliphatic heterocycles. The highest BCUT2D eigenvalue weighted by molar-refractivity contribution is 5.92. The first-order chi connectivity index (χ1) is 7.72. The van der Waals surface area contributed by atoms with Crippen LogP contribution in [0.25, 0.3) is 0 Å². The summed E-state index contributed by atoms with van der Waals surface area (Å²) in [5.41, 5.74) is 5.48. The van der Waals surface area contributed by atoms with E-state index in [1.165, 1.54) is 6.20 Å². The molecule has 2 unspecified atom stereocenters. The molecule has 0 aliphatic carbocycles. The molecule has 1 saturated heterocycles. The third kappa shape index (κ3) is 1.90. The van der Waals surface area contributed by atoms with E-state index < -0.39 is 5.91 Å². The Morgan fingerprint density at radius 1 is 1.75 bits per heavy atom. The molecule has 0 bridgehead atoms. The predicted octanol–water partition coefficient (Wildman–Crippen LogP) is 0.0832. The summed E-state index contributed by atoms with van der Waals surface area (Å²) < 4.78 is 6.90. The smallest absolute Gasteiger partial charge is 0.251 e. The predicted molar refractivity (Wildman–Crippen MR) is 54.3 cm³/mol. The highest BCUT2D eigenvalue weighted by Gasteiger charge is 2.28. The van der Waals surface area contributed by atoms with E-state index in [1.807, 2.05) is 0 Å². The molecule has 1 amide bonds. The fourth-order valence-electron chi connectivity index (χ4n) is 1.78. The van der Waals surface area contributed by atoms with Gasteiger partial charge in [-0.05, 0) is 6.42 Å². The minimum absolute atomic E-state index is 0.130. The van der Waals surface area contributed by atoms with E-state index in [9.17, 15) is 4.79 Å². The van der Waals surface area contributed by atoms with Crippen LogP contribution in [0.3, 0.4) is 0 Å². The van der Waals surface area contributed by atoms with E-state index in [1.54, 1.807) is 10.9 Å². The quantitative estimate of drug-likeness (QED) is 0.763. The summed E-state index contributed by atoms with van der Waals surface area (Å²) in [7, 11) is 0. The number of primary amides is 1. The summed E-state index contributed by atoms with van der Waals surface area (Å²) in [4.78, 5) is 10.9. The standard InChI is InChI=1S/C10H12N4O2/c11-3-7-1-2-16-6-9(7)14-5-8(4-13-14)10(12)15/h4-5,7,9H,1-2,6H2,(H2,12,15). The molecule has 6 heteroatoms. The van der Waals surface area contributed by atoms with Crippen LogP contribution >= 0.6 is 0 Å². The summed E-state index contributed by atoms with van der Waals surface area (Å²) in [6.45, 7) is 1.04. The van der Waals surface area contributed by atoms with Crippen LogP contribution in [-0.4, -0.2) is 28.9 Å². The highest BCUT2D eigenvalue weighted by Crippen LogP contribution is 2.25. The van der Waals surface area contributed by atoms with Crippen molar-refractivity contribution in [2.75, 3.05) is 13.2 Å². The number of nitrogens with zero attached hydrogens (tertiary/aromatic N) is 3. The van der Waals surface area contributed by atoms with Gasteiger partial charge in [-0.25, -0.2) is 0 Å². The molecule has 0 aromatic carbocycles. The molecule has 84 valence electrons. The second-order valence-electron chi connectivity index (χ2n) is 3.74. The number of ether oxygens (including phenoxy) is 1. The Morgan fingerprint density at radius 3 is 3.19 bits per heavy atom. The van der Waals surface area contributed by atoms with E-state index >= 15 is 0 Å². The van der Waals surface area contributed by atoms with Crippen LogP contribution in [0.15, 0.2) is 12.4 Å². The zero-order chi connectivity index (χ0) is 11.5. The Morgan fingerprint density at radius 2 is 2.56 bits per heavy atom. The molecule has 1 aliphatic rings. The third-order valence-electron chi connectivity index (χ3n) is 2.72. The van der Waals surface area contributed by atoms with E-state index in [0.29, 0.717) is 25.2 Å². The fourth-order valence-corrected chi connectivity index (χ4v) is 1.78. The van der Waals surface area contributed by atoms with Crippen molar-refractivity contribution in [3.05, 3.63) is 18.0 Å². The molecule has 0 saturated carbocycles. The van der Waals surface area contributed by atoms with Crippen molar-refractivity contribution in [3.63, 3.8) is 0 Å². The second-order valence-corrected chi connectivity index (χ2v) is 3.74. The number of nitrogens with two attached hydrogens (primary N) is 1. The number of carbonyl (C=O) groups is 1. The van der Waals surface area contributed by atoms with Crippen LogP contribution in [0.2, 0.25) is 0 Å². The van der Waals surface area contributed by atoms with Crippen molar-refractivity contribution in [3.8, 4) is 6.07 Å². The molecular weight excluding hydrogens is 208 g/mol. The van der Waals surface area contributed by atoms with Gasteiger partial charge in [0.1, 0.15) is 0 Å². The Kier molecular flexibility index (Phi) is 2.88. The van der Waals surface area contributed by atoms with Gasteiger partial charge in [0.2, 0.25) is 0 Å². The van der Waals surface area contributed by atoms with E-state index in [4.69, 9.17) is 15.7 Å². The van der Waals surface area contributed by atoms with Crippen LogP contribution in [0.4, 0.5) is 0 Å². The van der Waals surface area contributed by atoms with Gasteiger partial charge in [0.25, 0.3) is 5.91 Å².